The largest absolute Gasteiger partial charge is 0.350 e. The molecule has 0 bridgehead atoms. The van der Waals surface area contributed by atoms with Crippen molar-refractivity contribution in [2.24, 2.45) is 0 Å². The number of rotatable bonds is 8. The lowest BCUT2D eigenvalue weighted by Crippen LogP contribution is -2.52. The van der Waals surface area contributed by atoms with Crippen LogP contribution in [0.15, 0.2) is 42.5 Å². The molecule has 2 aromatic rings. The number of benzene rings is 2. The van der Waals surface area contributed by atoms with Gasteiger partial charge in [0.1, 0.15) is 17.7 Å². The summed E-state index contributed by atoms with van der Waals surface area (Å²) in [6.07, 6.45) is 0. The fraction of sp³-hybridized carbons (Fsp3) is 0.391. The summed E-state index contributed by atoms with van der Waals surface area (Å²) in [7, 11) is 0. The van der Waals surface area contributed by atoms with Crippen LogP contribution in [0.1, 0.15) is 38.8 Å². The first-order chi connectivity index (χ1) is 14.5. The summed E-state index contributed by atoms with van der Waals surface area (Å²) in [5, 5.41) is 3.19. The Morgan fingerprint density at radius 2 is 1.77 bits per heavy atom. The van der Waals surface area contributed by atoms with E-state index >= 15 is 0 Å². The lowest BCUT2D eigenvalue weighted by atomic mass is 10.1. The molecule has 4 nitrogen and oxygen atoms in total. The second-order valence-corrected chi connectivity index (χ2v) is 9.65. The Morgan fingerprint density at radius 3 is 2.35 bits per heavy atom. The number of carbonyl (C=O) groups excluding carboxylic acids is 2. The lowest BCUT2D eigenvalue weighted by molar-refractivity contribution is -0.139. The van der Waals surface area contributed by atoms with Crippen molar-refractivity contribution in [1.29, 1.82) is 0 Å². The summed E-state index contributed by atoms with van der Waals surface area (Å²) in [6, 6.07) is 9.49. The van der Waals surface area contributed by atoms with Gasteiger partial charge in [-0.25, -0.2) is 8.78 Å². The van der Waals surface area contributed by atoms with Gasteiger partial charge in [0.15, 0.2) is 0 Å². The van der Waals surface area contributed by atoms with E-state index in [2.05, 4.69) is 5.32 Å². The van der Waals surface area contributed by atoms with Crippen molar-refractivity contribution in [3.63, 3.8) is 0 Å². The van der Waals surface area contributed by atoms with Crippen molar-refractivity contribution in [1.82, 2.24) is 10.2 Å². The Morgan fingerprint density at radius 1 is 1.13 bits per heavy atom. The van der Waals surface area contributed by atoms with Crippen molar-refractivity contribution < 1.29 is 18.4 Å². The number of halogens is 3. The highest BCUT2D eigenvalue weighted by molar-refractivity contribution is 7.99. The number of amides is 2. The minimum atomic E-state index is -0.741. The first-order valence-electron chi connectivity index (χ1n) is 9.84. The maximum Gasteiger partial charge on any atom is 0.242 e. The van der Waals surface area contributed by atoms with Gasteiger partial charge >= 0.3 is 0 Å². The summed E-state index contributed by atoms with van der Waals surface area (Å²) in [5.74, 6) is -1.10. The smallest absolute Gasteiger partial charge is 0.242 e. The van der Waals surface area contributed by atoms with E-state index in [1.54, 1.807) is 25.1 Å². The monoisotopic (exact) mass is 468 g/mol. The molecule has 0 aliphatic carbocycles. The van der Waals surface area contributed by atoms with E-state index in [1.165, 1.54) is 40.9 Å². The number of hydrogen-bond acceptors (Lipinski definition) is 3. The minimum Gasteiger partial charge on any atom is -0.350 e. The van der Waals surface area contributed by atoms with Crippen molar-refractivity contribution >= 4 is 35.2 Å². The zero-order valence-corrected chi connectivity index (χ0v) is 19.6. The third-order valence-electron chi connectivity index (χ3n) is 4.47. The maximum absolute atomic E-state index is 14.0. The molecule has 0 heterocycles. The molecule has 168 valence electrons. The molecule has 8 heteroatoms. The van der Waals surface area contributed by atoms with Crippen LogP contribution in [0.4, 0.5) is 8.78 Å². The first kappa shape index (κ1) is 25.1. The van der Waals surface area contributed by atoms with E-state index in [0.717, 1.165) is 0 Å². The van der Waals surface area contributed by atoms with Gasteiger partial charge in [-0.2, -0.15) is 0 Å². The van der Waals surface area contributed by atoms with Crippen molar-refractivity contribution in [3.05, 3.63) is 70.2 Å². The van der Waals surface area contributed by atoms with Crippen molar-refractivity contribution in [2.75, 3.05) is 5.75 Å². The molecule has 1 atom stereocenters. The normalized spacial score (nSPS) is 12.4. The maximum atomic E-state index is 14.0. The summed E-state index contributed by atoms with van der Waals surface area (Å²) in [6.45, 7) is 7.38. The van der Waals surface area contributed by atoms with Crippen LogP contribution in [-0.4, -0.2) is 34.0 Å². The number of carbonyl (C=O) groups is 2. The predicted octanol–water partition coefficient (Wildman–Crippen LogP) is 5.18. The number of hydrogen-bond donors (Lipinski definition) is 1. The van der Waals surface area contributed by atoms with Gasteiger partial charge in [-0.05, 0) is 57.5 Å². The summed E-state index contributed by atoms with van der Waals surface area (Å²) in [5.41, 5.74) is 0.588. The highest BCUT2D eigenvalue weighted by Gasteiger charge is 2.28. The van der Waals surface area contributed by atoms with Crippen LogP contribution >= 0.6 is 23.4 Å². The topological polar surface area (TPSA) is 49.4 Å². The number of thioether (sulfide) groups is 1. The number of nitrogens with zero attached hydrogens (tertiary/aromatic N) is 1. The van der Waals surface area contributed by atoms with E-state index < -0.39 is 17.4 Å². The quantitative estimate of drug-likeness (QED) is 0.580. The van der Waals surface area contributed by atoms with Gasteiger partial charge < -0.3 is 10.2 Å². The molecule has 1 N–H and O–H groups in total. The zero-order valence-electron chi connectivity index (χ0n) is 18.0. The zero-order chi connectivity index (χ0) is 23.2. The van der Waals surface area contributed by atoms with E-state index in [9.17, 15) is 18.4 Å². The highest BCUT2D eigenvalue weighted by atomic mass is 35.5. The van der Waals surface area contributed by atoms with Crippen LogP contribution in [0.5, 0.6) is 0 Å². The van der Waals surface area contributed by atoms with Gasteiger partial charge in [0.2, 0.25) is 11.8 Å². The van der Waals surface area contributed by atoms with E-state index in [1.807, 2.05) is 20.8 Å². The molecular weight excluding hydrogens is 442 g/mol. The summed E-state index contributed by atoms with van der Waals surface area (Å²) < 4.78 is 27.2. The minimum absolute atomic E-state index is 0.0407. The summed E-state index contributed by atoms with van der Waals surface area (Å²) in [4.78, 5) is 27.2. The van der Waals surface area contributed by atoms with Crippen molar-refractivity contribution in [2.45, 2.75) is 51.6 Å². The Hall–Kier alpha value is -2.12. The van der Waals surface area contributed by atoms with Crippen LogP contribution in [0.3, 0.4) is 0 Å². The third-order valence-corrected chi connectivity index (χ3v) is 5.76. The fourth-order valence-electron chi connectivity index (χ4n) is 2.84. The molecule has 0 fully saturated rings. The molecule has 2 amide bonds. The molecule has 2 rings (SSSR count). The van der Waals surface area contributed by atoms with Gasteiger partial charge in [-0.1, -0.05) is 29.8 Å². The lowest BCUT2D eigenvalue weighted by Gasteiger charge is -2.31. The molecule has 0 radical (unpaired) electrons. The van der Waals surface area contributed by atoms with Gasteiger partial charge in [-0.3, -0.25) is 9.59 Å². The standard InChI is InChI=1S/C23H27ClF2N2O2S/c1-15(22(30)27-23(2,3)4)28(12-16-8-10-17(25)11-9-16)21(29)14-31-13-18-19(24)6-5-7-20(18)26/h5-11,15H,12-14H2,1-4H3,(H,27,30)/t15-/m1/s1. The molecule has 0 aliphatic rings. The van der Waals surface area contributed by atoms with Crippen molar-refractivity contribution in [3.8, 4) is 0 Å². The van der Waals surface area contributed by atoms with Crippen LogP contribution in [0, 0.1) is 11.6 Å². The second-order valence-electron chi connectivity index (χ2n) is 8.26. The number of nitrogens with one attached hydrogen (secondary N) is 1. The molecule has 31 heavy (non-hydrogen) atoms. The Labute approximate surface area is 191 Å². The van der Waals surface area contributed by atoms with Crippen LogP contribution in [-0.2, 0) is 21.9 Å². The average Bonchev–Trinajstić information content (AvgIpc) is 2.67. The van der Waals surface area contributed by atoms with Crippen LogP contribution < -0.4 is 5.32 Å². The molecule has 0 saturated heterocycles. The Kier molecular flexibility index (Phi) is 8.89. The second kappa shape index (κ2) is 11.0. The van der Waals surface area contributed by atoms with Gasteiger partial charge in [0, 0.05) is 28.4 Å². The molecule has 0 aromatic heterocycles. The molecule has 2 aromatic carbocycles. The molecule has 0 saturated carbocycles. The van der Waals surface area contributed by atoms with Crippen LogP contribution in [0.25, 0.3) is 0 Å². The predicted molar refractivity (Wildman–Crippen MR) is 122 cm³/mol. The Balaban J connectivity index is 2.13. The SMILES string of the molecule is C[C@H](C(=O)NC(C)(C)C)N(Cc1ccc(F)cc1)C(=O)CSCc1c(F)cccc1Cl. The molecule has 0 unspecified atom stereocenters. The van der Waals surface area contributed by atoms with Gasteiger partial charge in [0.05, 0.1) is 5.75 Å². The van der Waals surface area contributed by atoms with E-state index in [0.29, 0.717) is 16.1 Å². The Bertz CT molecular complexity index is 897. The first-order valence-corrected chi connectivity index (χ1v) is 11.4. The third kappa shape index (κ3) is 7.82. The molecular formula is C23H27ClF2N2O2S. The highest BCUT2D eigenvalue weighted by Crippen LogP contribution is 2.24. The van der Waals surface area contributed by atoms with E-state index in [-0.39, 0.29) is 35.7 Å². The van der Waals surface area contributed by atoms with Gasteiger partial charge in [-0.15, -0.1) is 11.8 Å². The van der Waals surface area contributed by atoms with Crippen LogP contribution in [0.2, 0.25) is 5.02 Å². The molecule has 0 aliphatic heterocycles. The average molecular weight is 469 g/mol. The summed E-state index contributed by atoms with van der Waals surface area (Å²) >= 11 is 7.27. The van der Waals surface area contributed by atoms with Gasteiger partial charge in [0.25, 0.3) is 0 Å². The molecule has 0 spiro atoms. The fourth-order valence-corrected chi connectivity index (χ4v) is 4.09. The van der Waals surface area contributed by atoms with E-state index in [4.69, 9.17) is 11.6 Å².